The first-order chi connectivity index (χ1) is 7.46. The Hall–Kier alpha value is -1.35. The van der Waals surface area contributed by atoms with Crippen LogP contribution in [0.25, 0.3) is 0 Å². The van der Waals surface area contributed by atoms with Crippen LogP contribution in [-0.2, 0) is 11.2 Å². The summed E-state index contributed by atoms with van der Waals surface area (Å²) in [4.78, 5) is 11.7. The van der Waals surface area contributed by atoms with E-state index in [-0.39, 0.29) is 17.6 Å². The maximum Gasteiger partial charge on any atom is 0.238 e. The number of hydrogen-bond acceptors (Lipinski definition) is 2. The van der Waals surface area contributed by atoms with Gasteiger partial charge in [-0.15, -0.1) is 0 Å². The first kappa shape index (κ1) is 11.1. The van der Waals surface area contributed by atoms with E-state index < -0.39 is 0 Å². The lowest BCUT2D eigenvalue weighted by atomic mass is 10.0. The molecular formula is C13H18N2O. The number of amides is 1. The van der Waals surface area contributed by atoms with Crippen molar-refractivity contribution in [2.24, 2.45) is 0 Å². The van der Waals surface area contributed by atoms with Gasteiger partial charge in [-0.1, -0.05) is 29.8 Å². The summed E-state index contributed by atoms with van der Waals surface area (Å²) < 4.78 is 0. The zero-order valence-corrected chi connectivity index (χ0v) is 10.0. The second kappa shape index (κ2) is 3.91. The Kier molecular flexibility index (Phi) is 2.72. The van der Waals surface area contributed by atoms with Crippen molar-refractivity contribution in [1.29, 1.82) is 0 Å². The molecular weight excluding hydrogens is 200 g/mol. The summed E-state index contributed by atoms with van der Waals surface area (Å²) in [5.41, 5.74) is 2.15. The second-order valence-corrected chi connectivity index (χ2v) is 5.00. The highest BCUT2D eigenvalue weighted by atomic mass is 16.2. The summed E-state index contributed by atoms with van der Waals surface area (Å²) in [6.45, 7) is 6.01. The molecule has 3 nitrogen and oxygen atoms in total. The number of aryl methyl sites for hydroxylation is 1. The predicted molar refractivity (Wildman–Crippen MR) is 64.0 cm³/mol. The minimum Gasteiger partial charge on any atom is -0.337 e. The van der Waals surface area contributed by atoms with E-state index in [1.807, 2.05) is 13.8 Å². The van der Waals surface area contributed by atoms with Crippen molar-refractivity contribution in [3.05, 3.63) is 35.4 Å². The largest absolute Gasteiger partial charge is 0.337 e. The SMILES string of the molecule is Cc1ccc(C[C@@H]2NC(C)(C)NC2=O)cc1. The Balaban J connectivity index is 2.06. The highest BCUT2D eigenvalue weighted by Crippen LogP contribution is 2.13. The van der Waals surface area contributed by atoms with E-state index >= 15 is 0 Å². The van der Waals surface area contributed by atoms with Crippen molar-refractivity contribution in [1.82, 2.24) is 10.6 Å². The van der Waals surface area contributed by atoms with Gasteiger partial charge in [0, 0.05) is 0 Å². The van der Waals surface area contributed by atoms with E-state index in [0.717, 1.165) is 6.42 Å². The van der Waals surface area contributed by atoms with Crippen LogP contribution in [0.1, 0.15) is 25.0 Å². The molecule has 1 aliphatic heterocycles. The van der Waals surface area contributed by atoms with Crippen molar-refractivity contribution >= 4 is 5.91 Å². The van der Waals surface area contributed by atoms with E-state index in [2.05, 4.69) is 41.8 Å². The van der Waals surface area contributed by atoms with E-state index in [0.29, 0.717) is 0 Å². The van der Waals surface area contributed by atoms with Gasteiger partial charge in [0.05, 0.1) is 11.7 Å². The molecule has 1 aliphatic rings. The van der Waals surface area contributed by atoms with Crippen molar-refractivity contribution < 1.29 is 4.79 Å². The fourth-order valence-corrected chi connectivity index (χ4v) is 2.04. The lowest BCUT2D eigenvalue weighted by Gasteiger charge is -2.18. The molecule has 3 heteroatoms. The smallest absolute Gasteiger partial charge is 0.238 e. The fraction of sp³-hybridized carbons (Fsp3) is 0.462. The summed E-state index contributed by atoms with van der Waals surface area (Å²) in [6, 6.07) is 8.20. The van der Waals surface area contributed by atoms with Crippen LogP contribution in [0.3, 0.4) is 0 Å². The fourth-order valence-electron chi connectivity index (χ4n) is 2.04. The Morgan fingerprint density at radius 2 is 1.88 bits per heavy atom. The van der Waals surface area contributed by atoms with Gasteiger partial charge < -0.3 is 5.32 Å². The highest BCUT2D eigenvalue weighted by molar-refractivity contribution is 5.85. The van der Waals surface area contributed by atoms with Gasteiger partial charge in [0.1, 0.15) is 0 Å². The molecule has 0 unspecified atom stereocenters. The molecule has 2 N–H and O–H groups in total. The standard InChI is InChI=1S/C13H18N2O/c1-9-4-6-10(7-5-9)8-11-12(16)15-13(2,3)14-11/h4-7,11,14H,8H2,1-3H3,(H,15,16)/t11-/m0/s1. The number of rotatable bonds is 2. The molecule has 1 aromatic carbocycles. The molecule has 1 fully saturated rings. The molecule has 2 rings (SSSR count). The van der Waals surface area contributed by atoms with Gasteiger partial charge in [-0.2, -0.15) is 0 Å². The Morgan fingerprint density at radius 3 is 2.38 bits per heavy atom. The van der Waals surface area contributed by atoms with Gasteiger partial charge in [-0.05, 0) is 32.8 Å². The van der Waals surface area contributed by atoms with Crippen LogP contribution in [0.4, 0.5) is 0 Å². The maximum atomic E-state index is 11.7. The molecule has 0 radical (unpaired) electrons. The van der Waals surface area contributed by atoms with E-state index in [4.69, 9.17) is 0 Å². The third kappa shape index (κ3) is 2.42. The topological polar surface area (TPSA) is 41.1 Å². The van der Waals surface area contributed by atoms with Crippen LogP contribution in [0.15, 0.2) is 24.3 Å². The quantitative estimate of drug-likeness (QED) is 0.787. The lowest BCUT2D eigenvalue weighted by molar-refractivity contribution is -0.120. The zero-order valence-electron chi connectivity index (χ0n) is 10.0. The summed E-state index contributed by atoms with van der Waals surface area (Å²) in [6.07, 6.45) is 0.746. The van der Waals surface area contributed by atoms with Crippen molar-refractivity contribution in [3.8, 4) is 0 Å². The number of carbonyl (C=O) groups is 1. The van der Waals surface area contributed by atoms with Gasteiger partial charge >= 0.3 is 0 Å². The Bertz CT molecular complexity index is 395. The molecule has 0 aliphatic carbocycles. The third-order valence-corrected chi connectivity index (χ3v) is 2.85. The normalized spacial score (nSPS) is 23.2. The monoisotopic (exact) mass is 218 g/mol. The average Bonchev–Trinajstić information content (AvgIpc) is 2.44. The minimum absolute atomic E-state index is 0.0885. The Labute approximate surface area is 96.2 Å². The highest BCUT2D eigenvalue weighted by Gasteiger charge is 2.35. The van der Waals surface area contributed by atoms with Crippen molar-refractivity contribution in [3.63, 3.8) is 0 Å². The zero-order chi connectivity index (χ0) is 11.8. The molecule has 0 spiro atoms. The first-order valence-corrected chi connectivity index (χ1v) is 5.61. The van der Waals surface area contributed by atoms with Crippen LogP contribution in [-0.4, -0.2) is 17.6 Å². The first-order valence-electron chi connectivity index (χ1n) is 5.61. The molecule has 1 heterocycles. The van der Waals surface area contributed by atoms with Crippen LogP contribution in [0.2, 0.25) is 0 Å². The Morgan fingerprint density at radius 1 is 1.25 bits per heavy atom. The molecule has 1 amide bonds. The summed E-state index contributed by atoms with van der Waals surface area (Å²) in [5.74, 6) is 0.0885. The van der Waals surface area contributed by atoms with E-state index in [1.54, 1.807) is 0 Å². The molecule has 86 valence electrons. The molecule has 1 saturated heterocycles. The molecule has 16 heavy (non-hydrogen) atoms. The average molecular weight is 218 g/mol. The minimum atomic E-state index is -0.285. The number of nitrogens with one attached hydrogen (secondary N) is 2. The number of hydrogen-bond donors (Lipinski definition) is 2. The van der Waals surface area contributed by atoms with Gasteiger partial charge in [-0.3, -0.25) is 10.1 Å². The lowest BCUT2D eigenvalue weighted by Crippen LogP contribution is -2.44. The van der Waals surface area contributed by atoms with Crippen LogP contribution < -0.4 is 10.6 Å². The van der Waals surface area contributed by atoms with Crippen molar-refractivity contribution in [2.75, 3.05) is 0 Å². The molecule has 0 saturated carbocycles. The van der Waals surface area contributed by atoms with Gasteiger partial charge in [-0.25, -0.2) is 0 Å². The molecule has 1 aromatic rings. The van der Waals surface area contributed by atoms with Gasteiger partial charge in [0.15, 0.2) is 0 Å². The molecule has 0 bridgehead atoms. The summed E-state index contributed by atoms with van der Waals surface area (Å²) in [7, 11) is 0. The number of benzene rings is 1. The van der Waals surface area contributed by atoms with Crippen LogP contribution >= 0.6 is 0 Å². The van der Waals surface area contributed by atoms with Crippen LogP contribution in [0.5, 0.6) is 0 Å². The van der Waals surface area contributed by atoms with Crippen LogP contribution in [0, 0.1) is 6.92 Å². The van der Waals surface area contributed by atoms with Gasteiger partial charge in [0.25, 0.3) is 0 Å². The maximum absolute atomic E-state index is 11.7. The summed E-state index contributed by atoms with van der Waals surface area (Å²) in [5, 5.41) is 6.21. The van der Waals surface area contributed by atoms with E-state index in [1.165, 1.54) is 11.1 Å². The molecule has 0 aromatic heterocycles. The second-order valence-electron chi connectivity index (χ2n) is 5.00. The predicted octanol–water partition coefficient (Wildman–Crippen LogP) is 1.36. The third-order valence-electron chi connectivity index (χ3n) is 2.85. The summed E-state index contributed by atoms with van der Waals surface area (Å²) >= 11 is 0. The number of carbonyl (C=O) groups excluding carboxylic acids is 1. The van der Waals surface area contributed by atoms with E-state index in [9.17, 15) is 4.79 Å². The van der Waals surface area contributed by atoms with Gasteiger partial charge in [0.2, 0.25) is 5.91 Å². The van der Waals surface area contributed by atoms with Crippen molar-refractivity contribution in [2.45, 2.75) is 38.9 Å². The molecule has 1 atom stereocenters.